The maximum atomic E-state index is 11.9. The van der Waals surface area contributed by atoms with Crippen LogP contribution in [-0.2, 0) is 4.74 Å². The summed E-state index contributed by atoms with van der Waals surface area (Å²) in [6.07, 6.45) is 1.20. The fourth-order valence-electron chi connectivity index (χ4n) is 1.98. The number of rotatable bonds is 3. The van der Waals surface area contributed by atoms with Gasteiger partial charge in [-0.3, -0.25) is 10.1 Å². The number of benzene rings is 1. The predicted octanol–water partition coefficient (Wildman–Crippen LogP) is 2.28. The molecule has 0 aliphatic carbocycles. The molecule has 1 heterocycles. The Bertz CT molecular complexity index is 822. The van der Waals surface area contributed by atoms with Gasteiger partial charge in [-0.1, -0.05) is 17.7 Å². The zero-order valence-electron chi connectivity index (χ0n) is 11.2. The lowest BCUT2D eigenvalue weighted by molar-refractivity contribution is -0.384. The van der Waals surface area contributed by atoms with Crippen molar-refractivity contribution in [3.05, 3.63) is 50.8 Å². The van der Waals surface area contributed by atoms with Crippen LogP contribution >= 0.6 is 11.6 Å². The van der Waals surface area contributed by atoms with E-state index in [9.17, 15) is 14.9 Å². The summed E-state index contributed by atoms with van der Waals surface area (Å²) in [6, 6.07) is 5.86. The monoisotopic (exact) mass is 320 g/mol. The maximum Gasteiger partial charge on any atom is 0.357 e. The highest BCUT2D eigenvalue weighted by Gasteiger charge is 2.27. The van der Waals surface area contributed by atoms with Gasteiger partial charge in [0.25, 0.3) is 5.69 Å². The van der Waals surface area contributed by atoms with Gasteiger partial charge >= 0.3 is 5.97 Å². The smallest absolute Gasteiger partial charge is 0.357 e. The van der Waals surface area contributed by atoms with E-state index in [-0.39, 0.29) is 33.3 Å². The second kappa shape index (κ2) is 5.75. The molecule has 0 spiro atoms. The van der Waals surface area contributed by atoms with Crippen molar-refractivity contribution in [3.63, 3.8) is 0 Å². The number of hydrogen-bond acceptors (Lipinski definition) is 6. The normalized spacial score (nSPS) is 10.0. The van der Waals surface area contributed by atoms with Crippen LogP contribution in [0.4, 0.5) is 11.4 Å². The summed E-state index contributed by atoms with van der Waals surface area (Å²) in [7, 11) is 1.13. The van der Waals surface area contributed by atoms with E-state index in [0.717, 1.165) is 11.7 Å². The first-order valence-electron chi connectivity index (χ1n) is 5.84. The number of carbonyl (C=O) groups excluding carboxylic acids is 1. The summed E-state index contributed by atoms with van der Waals surface area (Å²) >= 11 is 6.03. The van der Waals surface area contributed by atoms with Crippen LogP contribution in [0.3, 0.4) is 0 Å². The fourth-order valence-corrected chi connectivity index (χ4v) is 2.24. The van der Waals surface area contributed by atoms with Gasteiger partial charge in [-0.2, -0.15) is 5.26 Å². The van der Waals surface area contributed by atoms with Gasteiger partial charge in [0, 0.05) is 12.3 Å². The highest BCUT2D eigenvalue weighted by atomic mass is 35.5. The van der Waals surface area contributed by atoms with Gasteiger partial charge in [-0.25, -0.2) is 4.79 Å². The van der Waals surface area contributed by atoms with E-state index < -0.39 is 10.9 Å². The molecule has 1 aromatic heterocycles. The van der Waals surface area contributed by atoms with Crippen molar-refractivity contribution in [1.29, 1.82) is 5.26 Å². The number of aromatic nitrogens is 1. The lowest BCUT2D eigenvalue weighted by Crippen LogP contribution is -2.12. The molecular formula is C13H9ClN4O4. The van der Waals surface area contributed by atoms with E-state index in [0.29, 0.717) is 0 Å². The van der Waals surface area contributed by atoms with Gasteiger partial charge in [0.15, 0.2) is 5.69 Å². The molecule has 2 rings (SSSR count). The second-order valence-electron chi connectivity index (χ2n) is 4.14. The average molecular weight is 321 g/mol. The summed E-state index contributed by atoms with van der Waals surface area (Å²) in [5.41, 5.74) is 4.99. The molecule has 9 heteroatoms. The van der Waals surface area contributed by atoms with Crippen molar-refractivity contribution in [2.45, 2.75) is 0 Å². The first kappa shape index (κ1) is 15.3. The highest BCUT2D eigenvalue weighted by molar-refractivity contribution is 6.33. The molecule has 0 aliphatic rings. The molecule has 112 valence electrons. The van der Waals surface area contributed by atoms with E-state index in [1.165, 1.54) is 24.4 Å². The number of esters is 1. The van der Waals surface area contributed by atoms with Gasteiger partial charge in [0.2, 0.25) is 0 Å². The molecule has 2 aromatic rings. The lowest BCUT2D eigenvalue weighted by Gasteiger charge is -2.10. The van der Waals surface area contributed by atoms with Crippen LogP contribution in [0.25, 0.3) is 5.69 Å². The maximum absolute atomic E-state index is 11.9. The standard InChI is InChI=1S/C13H9ClN4O4/c1-22-13(19)12-10(16)7(5-15)6-17(12)11-8(14)3-2-4-9(11)18(20)21/h2-4,6H,16H2,1H3. The lowest BCUT2D eigenvalue weighted by atomic mass is 10.2. The Kier molecular flexibility index (Phi) is 4.01. The molecule has 0 fully saturated rings. The molecule has 0 aliphatic heterocycles. The Balaban J connectivity index is 2.88. The molecule has 1 aromatic carbocycles. The minimum atomic E-state index is -0.840. The minimum Gasteiger partial charge on any atom is -0.464 e. The van der Waals surface area contributed by atoms with E-state index >= 15 is 0 Å². The first-order chi connectivity index (χ1) is 10.4. The summed E-state index contributed by atoms with van der Waals surface area (Å²) < 4.78 is 5.71. The zero-order valence-corrected chi connectivity index (χ0v) is 12.0. The predicted molar refractivity (Wildman–Crippen MR) is 77.9 cm³/mol. The molecule has 0 saturated carbocycles. The SMILES string of the molecule is COC(=O)c1c(N)c(C#N)cn1-c1c(Cl)cccc1[N+](=O)[O-]. The van der Waals surface area contributed by atoms with Crippen molar-refractivity contribution in [1.82, 2.24) is 4.57 Å². The van der Waals surface area contributed by atoms with Crippen LogP contribution in [0.1, 0.15) is 16.1 Å². The van der Waals surface area contributed by atoms with Crippen LogP contribution in [-0.4, -0.2) is 22.6 Å². The van der Waals surface area contributed by atoms with Crippen LogP contribution < -0.4 is 5.73 Å². The molecule has 0 saturated heterocycles. The van der Waals surface area contributed by atoms with Gasteiger partial charge in [-0.15, -0.1) is 0 Å². The Hall–Kier alpha value is -3.05. The summed E-state index contributed by atoms with van der Waals surface area (Å²) in [5.74, 6) is -0.840. The summed E-state index contributed by atoms with van der Waals surface area (Å²) in [6.45, 7) is 0. The Morgan fingerprint density at radius 2 is 2.23 bits per heavy atom. The molecule has 0 unspecified atom stereocenters. The number of methoxy groups -OCH3 is 1. The molecule has 0 atom stereocenters. The van der Waals surface area contributed by atoms with Crippen LogP contribution in [0.15, 0.2) is 24.4 Å². The van der Waals surface area contributed by atoms with E-state index in [2.05, 4.69) is 4.74 Å². The Labute approximate surface area is 129 Å². The highest BCUT2D eigenvalue weighted by Crippen LogP contribution is 2.34. The van der Waals surface area contributed by atoms with Crippen molar-refractivity contribution in [2.24, 2.45) is 0 Å². The third-order valence-electron chi connectivity index (χ3n) is 2.95. The number of nitrogens with zero attached hydrogens (tertiary/aromatic N) is 3. The number of para-hydroxylation sites is 1. The number of anilines is 1. The number of hydrogen-bond donors (Lipinski definition) is 1. The quantitative estimate of drug-likeness (QED) is 0.525. The molecule has 0 radical (unpaired) electrons. The number of carbonyl (C=O) groups is 1. The van der Waals surface area contributed by atoms with Crippen molar-refractivity contribution < 1.29 is 14.5 Å². The van der Waals surface area contributed by atoms with Crippen molar-refractivity contribution in [2.75, 3.05) is 12.8 Å². The van der Waals surface area contributed by atoms with Gasteiger partial charge in [0.05, 0.1) is 28.3 Å². The van der Waals surface area contributed by atoms with E-state index in [4.69, 9.17) is 22.6 Å². The molecule has 22 heavy (non-hydrogen) atoms. The fraction of sp³-hybridized carbons (Fsp3) is 0.0769. The third kappa shape index (κ3) is 2.34. The molecule has 0 amide bonds. The first-order valence-corrected chi connectivity index (χ1v) is 6.22. The van der Waals surface area contributed by atoms with Gasteiger partial charge in [-0.05, 0) is 6.07 Å². The number of ether oxygens (including phenoxy) is 1. The Morgan fingerprint density at radius 3 is 2.77 bits per heavy atom. The molecule has 0 bridgehead atoms. The van der Waals surface area contributed by atoms with Crippen LogP contribution in [0.5, 0.6) is 0 Å². The molecule has 8 nitrogen and oxygen atoms in total. The summed E-state index contributed by atoms with van der Waals surface area (Å²) in [4.78, 5) is 22.4. The van der Waals surface area contributed by atoms with Crippen molar-refractivity contribution in [3.8, 4) is 11.8 Å². The van der Waals surface area contributed by atoms with Crippen LogP contribution in [0, 0.1) is 21.4 Å². The third-order valence-corrected chi connectivity index (χ3v) is 3.25. The second-order valence-corrected chi connectivity index (χ2v) is 4.55. The largest absolute Gasteiger partial charge is 0.464 e. The molecule has 2 N–H and O–H groups in total. The number of nitrogens with two attached hydrogens (primary N) is 1. The average Bonchev–Trinajstić information content (AvgIpc) is 2.82. The zero-order chi connectivity index (χ0) is 16.4. The number of nitriles is 1. The topological polar surface area (TPSA) is 124 Å². The van der Waals surface area contributed by atoms with Gasteiger partial charge < -0.3 is 15.0 Å². The van der Waals surface area contributed by atoms with E-state index in [1.807, 2.05) is 0 Å². The minimum absolute atomic E-state index is 0.0189. The number of nitrogen functional groups attached to an aromatic ring is 1. The van der Waals surface area contributed by atoms with Gasteiger partial charge in [0.1, 0.15) is 11.8 Å². The Morgan fingerprint density at radius 1 is 1.55 bits per heavy atom. The number of nitro groups is 1. The van der Waals surface area contributed by atoms with Crippen LogP contribution in [0.2, 0.25) is 5.02 Å². The molecular weight excluding hydrogens is 312 g/mol. The number of halogens is 1. The summed E-state index contributed by atoms with van der Waals surface area (Å²) in [5, 5.41) is 20.3. The number of nitro benzene ring substituents is 1. The van der Waals surface area contributed by atoms with E-state index in [1.54, 1.807) is 6.07 Å². The van der Waals surface area contributed by atoms with Crippen molar-refractivity contribution >= 4 is 28.9 Å².